The van der Waals surface area contributed by atoms with Gasteiger partial charge in [0.1, 0.15) is 0 Å². The molecule has 0 aliphatic rings. The van der Waals surface area contributed by atoms with Crippen molar-refractivity contribution in [3.63, 3.8) is 0 Å². The number of nitrogens with one attached hydrogen (secondary N) is 1. The predicted molar refractivity (Wildman–Crippen MR) is 91.7 cm³/mol. The van der Waals surface area contributed by atoms with E-state index in [0.717, 1.165) is 27.7 Å². The van der Waals surface area contributed by atoms with Gasteiger partial charge in [-0.25, -0.2) is 0 Å². The van der Waals surface area contributed by atoms with Crippen LogP contribution in [-0.4, -0.2) is 5.91 Å². The Kier molecular flexibility index (Phi) is 5.18. The van der Waals surface area contributed by atoms with E-state index in [1.807, 2.05) is 38.1 Å². The molecule has 0 saturated carbocycles. The third-order valence-electron chi connectivity index (χ3n) is 3.60. The summed E-state index contributed by atoms with van der Waals surface area (Å²) in [4.78, 5) is 12.1. The van der Waals surface area contributed by atoms with E-state index in [2.05, 4.69) is 40.3 Å². The van der Waals surface area contributed by atoms with Crippen LogP contribution in [0.3, 0.4) is 0 Å². The minimum absolute atomic E-state index is 0.0550. The molecule has 0 aromatic heterocycles. The Bertz CT molecular complexity index is 641. The summed E-state index contributed by atoms with van der Waals surface area (Å²) in [6.45, 7) is 6.13. The van der Waals surface area contributed by atoms with E-state index in [1.54, 1.807) is 0 Å². The topological polar surface area (TPSA) is 29.1 Å². The second-order valence-corrected chi connectivity index (χ2v) is 6.19. The lowest BCUT2D eigenvalue weighted by Crippen LogP contribution is -2.13. The zero-order valence-corrected chi connectivity index (χ0v) is 14.3. The number of benzene rings is 2. The SMILES string of the molecule is Cc1ccccc1CCC(=O)Nc1cc(C)c(Br)c(C)c1. The van der Waals surface area contributed by atoms with Gasteiger partial charge in [0.2, 0.25) is 5.91 Å². The van der Waals surface area contributed by atoms with E-state index in [0.29, 0.717) is 6.42 Å². The second kappa shape index (κ2) is 6.90. The van der Waals surface area contributed by atoms with Crippen LogP contribution in [0.15, 0.2) is 40.9 Å². The van der Waals surface area contributed by atoms with Gasteiger partial charge in [-0.15, -0.1) is 0 Å². The average molecular weight is 346 g/mol. The minimum atomic E-state index is 0.0550. The fourth-order valence-corrected chi connectivity index (χ4v) is 2.61. The van der Waals surface area contributed by atoms with Crippen molar-refractivity contribution in [3.8, 4) is 0 Å². The van der Waals surface area contributed by atoms with E-state index in [-0.39, 0.29) is 5.91 Å². The number of amides is 1. The Labute approximate surface area is 134 Å². The fourth-order valence-electron chi connectivity index (χ4n) is 2.38. The maximum atomic E-state index is 12.1. The van der Waals surface area contributed by atoms with Crippen molar-refractivity contribution in [3.05, 3.63) is 63.1 Å². The van der Waals surface area contributed by atoms with Crippen molar-refractivity contribution in [2.45, 2.75) is 33.6 Å². The first kappa shape index (κ1) is 15.8. The van der Waals surface area contributed by atoms with Crippen LogP contribution >= 0.6 is 15.9 Å². The molecule has 1 amide bonds. The van der Waals surface area contributed by atoms with Crippen molar-refractivity contribution in [1.82, 2.24) is 0 Å². The first-order valence-electron chi connectivity index (χ1n) is 7.08. The van der Waals surface area contributed by atoms with Gasteiger partial charge in [0.25, 0.3) is 0 Å². The number of hydrogen-bond acceptors (Lipinski definition) is 1. The fraction of sp³-hybridized carbons (Fsp3) is 0.278. The summed E-state index contributed by atoms with van der Waals surface area (Å²) >= 11 is 3.54. The van der Waals surface area contributed by atoms with Crippen molar-refractivity contribution in [2.24, 2.45) is 0 Å². The van der Waals surface area contributed by atoms with E-state index in [1.165, 1.54) is 11.1 Å². The molecule has 0 spiro atoms. The molecule has 110 valence electrons. The van der Waals surface area contributed by atoms with Gasteiger partial charge in [-0.3, -0.25) is 4.79 Å². The van der Waals surface area contributed by atoms with Gasteiger partial charge in [-0.1, -0.05) is 40.2 Å². The molecule has 0 atom stereocenters. The zero-order valence-electron chi connectivity index (χ0n) is 12.7. The predicted octanol–water partition coefficient (Wildman–Crippen LogP) is 4.95. The number of hydrogen-bond donors (Lipinski definition) is 1. The summed E-state index contributed by atoms with van der Waals surface area (Å²) in [5, 5.41) is 2.98. The highest BCUT2D eigenvalue weighted by molar-refractivity contribution is 9.10. The van der Waals surface area contributed by atoms with Gasteiger partial charge in [0.05, 0.1) is 0 Å². The molecule has 0 radical (unpaired) electrons. The number of rotatable bonds is 4. The Morgan fingerprint density at radius 2 is 1.67 bits per heavy atom. The van der Waals surface area contributed by atoms with Gasteiger partial charge in [-0.2, -0.15) is 0 Å². The zero-order chi connectivity index (χ0) is 15.4. The highest BCUT2D eigenvalue weighted by Gasteiger charge is 2.07. The minimum Gasteiger partial charge on any atom is -0.326 e. The Morgan fingerprint density at radius 3 is 2.29 bits per heavy atom. The smallest absolute Gasteiger partial charge is 0.224 e. The standard InChI is InChI=1S/C18H20BrNO/c1-12-6-4-5-7-15(12)8-9-17(21)20-16-10-13(2)18(19)14(3)11-16/h4-7,10-11H,8-9H2,1-3H3,(H,20,21). The van der Waals surface area contributed by atoms with E-state index >= 15 is 0 Å². The molecule has 0 fully saturated rings. The first-order valence-corrected chi connectivity index (χ1v) is 7.88. The molecule has 1 N–H and O–H groups in total. The van der Waals surface area contributed by atoms with Crippen molar-refractivity contribution in [1.29, 1.82) is 0 Å². The summed E-state index contributed by atoms with van der Waals surface area (Å²) in [5.74, 6) is 0.0550. The summed E-state index contributed by atoms with van der Waals surface area (Å²) in [5.41, 5.74) is 5.59. The van der Waals surface area contributed by atoms with Crippen molar-refractivity contribution in [2.75, 3.05) is 5.32 Å². The van der Waals surface area contributed by atoms with Crippen LogP contribution in [0.2, 0.25) is 0 Å². The molecule has 3 heteroatoms. The third-order valence-corrected chi connectivity index (χ3v) is 4.85. The van der Waals surface area contributed by atoms with Crippen LogP contribution in [0.4, 0.5) is 5.69 Å². The molecule has 0 aliphatic carbocycles. The number of anilines is 1. The van der Waals surface area contributed by atoms with Crippen LogP contribution in [0.25, 0.3) is 0 Å². The molecule has 21 heavy (non-hydrogen) atoms. The quantitative estimate of drug-likeness (QED) is 0.834. The van der Waals surface area contributed by atoms with Crippen LogP contribution in [0.1, 0.15) is 28.7 Å². The second-order valence-electron chi connectivity index (χ2n) is 5.40. The Hall–Kier alpha value is -1.61. The molecule has 0 aliphatic heterocycles. The molecule has 0 heterocycles. The summed E-state index contributed by atoms with van der Waals surface area (Å²) in [6, 6.07) is 12.2. The van der Waals surface area contributed by atoms with Gasteiger partial charge in [-0.05, 0) is 61.6 Å². The molecule has 2 rings (SSSR count). The van der Waals surface area contributed by atoms with Crippen LogP contribution in [-0.2, 0) is 11.2 Å². The number of halogens is 1. The third kappa shape index (κ3) is 4.18. The average Bonchev–Trinajstić information content (AvgIpc) is 2.44. The van der Waals surface area contributed by atoms with Crippen LogP contribution < -0.4 is 5.32 Å². The lowest BCUT2D eigenvalue weighted by molar-refractivity contribution is -0.116. The van der Waals surface area contributed by atoms with Crippen LogP contribution in [0, 0.1) is 20.8 Å². The molecule has 2 aromatic carbocycles. The molecule has 0 unspecified atom stereocenters. The molecule has 2 nitrogen and oxygen atoms in total. The van der Waals surface area contributed by atoms with Gasteiger partial charge < -0.3 is 5.32 Å². The highest BCUT2D eigenvalue weighted by atomic mass is 79.9. The van der Waals surface area contributed by atoms with Gasteiger partial charge >= 0.3 is 0 Å². The van der Waals surface area contributed by atoms with Crippen molar-refractivity contribution >= 4 is 27.5 Å². The lowest BCUT2D eigenvalue weighted by Gasteiger charge is -2.10. The highest BCUT2D eigenvalue weighted by Crippen LogP contribution is 2.25. The normalized spacial score (nSPS) is 10.5. The number of aryl methyl sites for hydroxylation is 4. The maximum Gasteiger partial charge on any atom is 0.224 e. The largest absolute Gasteiger partial charge is 0.326 e. The summed E-state index contributed by atoms with van der Waals surface area (Å²) in [7, 11) is 0. The van der Waals surface area contributed by atoms with E-state index in [9.17, 15) is 4.79 Å². The van der Waals surface area contributed by atoms with Crippen LogP contribution in [0.5, 0.6) is 0 Å². The Morgan fingerprint density at radius 1 is 1.05 bits per heavy atom. The number of carbonyl (C=O) groups excluding carboxylic acids is 1. The summed E-state index contributed by atoms with van der Waals surface area (Å²) in [6.07, 6.45) is 1.27. The van der Waals surface area contributed by atoms with E-state index in [4.69, 9.17) is 0 Å². The summed E-state index contributed by atoms with van der Waals surface area (Å²) < 4.78 is 1.10. The lowest BCUT2D eigenvalue weighted by atomic mass is 10.0. The molecular formula is C18H20BrNO. The Balaban J connectivity index is 1.98. The maximum absolute atomic E-state index is 12.1. The van der Waals surface area contributed by atoms with E-state index < -0.39 is 0 Å². The molecule has 0 bridgehead atoms. The van der Waals surface area contributed by atoms with Gasteiger partial charge in [0, 0.05) is 16.6 Å². The first-order chi connectivity index (χ1) is 9.97. The van der Waals surface area contributed by atoms with Crippen molar-refractivity contribution < 1.29 is 4.79 Å². The molecule has 0 saturated heterocycles. The monoisotopic (exact) mass is 345 g/mol. The van der Waals surface area contributed by atoms with Gasteiger partial charge in [0.15, 0.2) is 0 Å². The number of carbonyl (C=O) groups is 1. The molecule has 2 aromatic rings. The molecular weight excluding hydrogens is 326 g/mol.